The Bertz CT molecular complexity index is 114. The average Bonchev–Trinajstić information content (AvgIpc) is 2.52. The average molecular weight is 154 g/mol. The first-order valence-corrected chi connectivity index (χ1v) is 4.60. The molecule has 1 nitrogen and oxygen atoms in total. The van der Waals surface area contributed by atoms with Gasteiger partial charge in [-0.1, -0.05) is 31.8 Å². The first kappa shape index (κ1) is 8.79. The minimum atomic E-state index is 0.344. The number of rotatable bonds is 4. The van der Waals surface area contributed by atoms with Gasteiger partial charge in [0.05, 0.1) is 0 Å². The van der Waals surface area contributed by atoms with Crippen molar-refractivity contribution in [2.24, 2.45) is 11.8 Å². The van der Waals surface area contributed by atoms with Crippen LogP contribution in [0.15, 0.2) is 12.7 Å². The first-order valence-electron chi connectivity index (χ1n) is 4.60. The summed E-state index contributed by atoms with van der Waals surface area (Å²) in [5.74, 6) is 1.27. The van der Waals surface area contributed by atoms with E-state index in [1.165, 1.54) is 25.7 Å². The third-order valence-corrected chi connectivity index (χ3v) is 2.77. The summed E-state index contributed by atoms with van der Waals surface area (Å²) in [6.07, 6.45) is 8.27. The Morgan fingerprint density at radius 3 is 2.55 bits per heavy atom. The number of hydrogen-bond donors (Lipinski definition) is 1. The normalized spacial score (nSPS) is 21.9. The molecule has 1 rings (SSSR count). The van der Waals surface area contributed by atoms with Gasteiger partial charge < -0.3 is 5.11 Å². The Hall–Kier alpha value is -0.300. The molecular formula is C10H18O. The molecular weight excluding hydrogens is 136 g/mol. The van der Waals surface area contributed by atoms with Crippen molar-refractivity contribution < 1.29 is 5.11 Å². The predicted octanol–water partition coefficient (Wildman–Crippen LogP) is 2.36. The fourth-order valence-corrected chi connectivity index (χ4v) is 2.06. The topological polar surface area (TPSA) is 20.2 Å². The number of aliphatic hydroxyl groups excluding tert-OH is 1. The number of hydrogen-bond acceptors (Lipinski definition) is 1. The smallest absolute Gasteiger partial charge is 0.0464 e. The molecule has 0 aromatic rings. The fraction of sp³-hybridized carbons (Fsp3) is 0.800. The number of allylic oxidation sites excluding steroid dienone is 1. The second-order valence-corrected chi connectivity index (χ2v) is 3.51. The van der Waals surface area contributed by atoms with E-state index in [4.69, 9.17) is 5.11 Å². The molecule has 1 fully saturated rings. The Morgan fingerprint density at radius 2 is 2.09 bits per heavy atom. The molecule has 0 bridgehead atoms. The van der Waals surface area contributed by atoms with Gasteiger partial charge in [-0.15, -0.1) is 6.58 Å². The molecule has 0 aromatic carbocycles. The monoisotopic (exact) mass is 154 g/mol. The Labute approximate surface area is 69.1 Å². The molecule has 1 saturated carbocycles. The summed E-state index contributed by atoms with van der Waals surface area (Å²) in [5, 5.41) is 9.07. The molecule has 0 saturated heterocycles. The molecule has 1 atom stereocenters. The van der Waals surface area contributed by atoms with Crippen LogP contribution in [-0.2, 0) is 0 Å². The van der Waals surface area contributed by atoms with Gasteiger partial charge in [0.15, 0.2) is 0 Å². The highest BCUT2D eigenvalue weighted by molar-refractivity contribution is 4.80. The summed E-state index contributed by atoms with van der Waals surface area (Å²) in [6.45, 7) is 4.05. The van der Waals surface area contributed by atoms with Gasteiger partial charge >= 0.3 is 0 Å². The number of aliphatic hydroxyl groups is 1. The van der Waals surface area contributed by atoms with Gasteiger partial charge in [-0.05, 0) is 18.3 Å². The van der Waals surface area contributed by atoms with Gasteiger partial charge in [0.25, 0.3) is 0 Å². The van der Waals surface area contributed by atoms with Crippen molar-refractivity contribution >= 4 is 0 Å². The maximum absolute atomic E-state index is 9.07. The zero-order valence-corrected chi connectivity index (χ0v) is 7.13. The highest BCUT2D eigenvalue weighted by Crippen LogP contribution is 2.32. The van der Waals surface area contributed by atoms with Crippen molar-refractivity contribution in [1.82, 2.24) is 0 Å². The Morgan fingerprint density at radius 1 is 1.45 bits per heavy atom. The van der Waals surface area contributed by atoms with Crippen LogP contribution in [-0.4, -0.2) is 11.7 Å². The molecule has 1 aliphatic carbocycles. The molecule has 1 N–H and O–H groups in total. The van der Waals surface area contributed by atoms with Crippen LogP contribution >= 0.6 is 0 Å². The fourth-order valence-electron chi connectivity index (χ4n) is 2.06. The zero-order chi connectivity index (χ0) is 8.10. The van der Waals surface area contributed by atoms with Crippen molar-refractivity contribution in [1.29, 1.82) is 0 Å². The largest absolute Gasteiger partial charge is 0.396 e. The molecule has 11 heavy (non-hydrogen) atoms. The third kappa shape index (κ3) is 2.33. The summed E-state index contributed by atoms with van der Waals surface area (Å²) in [6, 6.07) is 0. The molecule has 1 aliphatic rings. The molecule has 1 heteroatoms. The van der Waals surface area contributed by atoms with Crippen molar-refractivity contribution in [3.8, 4) is 0 Å². The SMILES string of the molecule is C=CCC(CO)C1CCCC1. The highest BCUT2D eigenvalue weighted by Gasteiger charge is 2.22. The van der Waals surface area contributed by atoms with Crippen LogP contribution in [0.4, 0.5) is 0 Å². The lowest BCUT2D eigenvalue weighted by molar-refractivity contribution is 0.178. The van der Waals surface area contributed by atoms with E-state index in [-0.39, 0.29) is 0 Å². The van der Waals surface area contributed by atoms with Crippen LogP contribution in [0.25, 0.3) is 0 Å². The second kappa shape index (κ2) is 4.55. The van der Waals surface area contributed by atoms with E-state index in [2.05, 4.69) is 6.58 Å². The molecule has 64 valence electrons. The van der Waals surface area contributed by atoms with E-state index in [1.807, 2.05) is 6.08 Å². The summed E-state index contributed by atoms with van der Waals surface area (Å²) in [4.78, 5) is 0. The van der Waals surface area contributed by atoms with Gasteiger partial charge in [-0.25, -0.2) is 0 Å². The molecule has 0 aromatic heterocycles. The van der Waals surface area contributed by atoms with Gasteiger partial charge in [0, 0.05) is 6.61 Å². The van der Waals surface area contributed by atoms with Crippen LogP contribution in [0.2, 0.25) is 0 Å². The van der Waals surface area contributed by atoms with Gasteiger partial charge in [-0.2, -0.15) is 0 Å². The second-order valence-electron chi connectivity index (χ2n) is 3.51. The summed E-state index contributed by atoms with van der Waals surface area (Å²) in [5.41, 5.74) is 0. The quantitative estimate of drug-likeness (QED) is 0.616. The molecule has 0 heterocycles. The summed E-state index contributed by atoms with van der Waals surface area (Å²) in [7, 11) is 0. The lowest BCUT2D eigenvalue weighted by Crippen LogP contribution is -2.14. The van der Waals surface area contributed by atoms with E-state index in [0.29, 0.717) is 12.5 Å². The van der Waals surface area contributed by atoms with Gasteiger partial charge in [-0.3, -0.25) is 0 Å². The molecule has 0 aliphatic heterocycles. The van der Waals surface area contributed by atoms with Crippen LogP contribution in [0, 0.1) is 11.8 Å². The van der Waals surface area contributed by atoms with Gasteiger partial charge in [0.2, 0.25) is 0 Å². The summed E-state index contributed by atoms with van der Waals surface area (Å²) < 4.78 is 0. The van der Waals surface area contributed by atoms with E-state index in [0.717, 1.165) is 12.3 Å². The maximum Gasteiger partial charge on any atom is 0.0464 e. The highest BCUT2D eigenvalue weighted by atomic mass is 16.3. The predicted molar refractivity (Wildman–Crippen MR) is 47.3 cm³/mol. The van der Waals surface area contributed by atoms with E-state index < -0.39 is 0 Å². The van der Waals surface area contributed by atoms with Crippen molar-refractivity contribution in [2.75, 3.05) is 6.61 Å². The lowest BCUT2D eigenvalue weighted by Gasteiger charge is -2.18. The van der Waals surface area contributed by atoms with Crippen LogP contribution in [0.1, 0.15) is 32.1 Å². The van der Waals surface area contributed by atoms with E-state index in [9.17, 15) is 0 Å². The molecule has 1 unspecified atom stereocenters. The van der Waals surface area contributed by atoms with E-state index >= 15 is 0 Å². The van der Waals surface area contributed by atoms with Crippen molar-refractivity contribution in [3.05, 3.63) is 12.7 Å². The standard InChI is InChI=1S/C10H18O/c1-2-5-10(8-11)9-6-3-4-7-9/h2,9-11H,1,3-8H2. The Balaban J connectivity index is 2.33. The molecule has 0 spiro atoms. The maximum atomic E-state index is 9.07. The minimum Gasteiger partial charge on any atom is -0.396 e. The first-order chi connectivity index (χ1) is 5.38. The molecule has 0 amide bonds. The van der Waals surface area contributed by atoms with Gasteiger partial charge in [0.1, 0.15) is 0 Å². The van der Waals surface area contributed by atoms with Crippen molar-refractivity contribution in [2.45, 2.75) is 32.1 Å². The van der Waals surface area contributed by atoms with Crippen LogP contribution in [0.5, 0.6) is 0 Å². The van der Waals surface area contributed by atoms with Crippen LogP contribution < -0.4 is 0 Å². The van der Waals surface area contributed by atoms with E-state index in [1.54, 1.807) is 0 Å². The Kier molecular flexibility index (Phi) is 3.64. The lowest BCUT2D eigenvalue weighted by atomic mass is 9.89. The third-order valence-electron chi connectivity index (χ3n) is 2.77. The van der Waals surface area contributed by atoms with Crippen LogP contribution in [0.3, 0.4) is 0 Å². The zero-order valence-electron chi connectivity index (χ0n) is 7.13. The molecule has 0 radical (unpaired) electrons. The van der Waals surface area contributed by atoms with Crippen molar-refractivity contribution in [3.63, 3.8) is 0 Å². The summed E-state index contributed by atoms with van der Waals surface area (Å²) >= 11 is 0. The minimum absolute atomic E-state index is 0.344.